The van der Waals surface area contributed by atoms with Gasteiger partial charge in [-0.25, -0.2) is 0 Å². The van der Waals surface area contributed by atoms with Gasteiger partial charge in [0.05, 0.1) is 5.69 Å². The molecule has 0 aromatic carbocycles. The Morgan fingerprint density at radius 2 is 1.48 bits per heavy atom. The number of hydrogen-bond acceptors (Lipinski definition) is 3. The molecule has 1 N–H and O–H groups in total. The smallest absolute Gasteiger partial charge is 0.248 e. The van der Waals surface area contributed by atoms with Crippen molar-refractivity contribution in [3.8, 4) is 0 Å². The van der Waals surface area contributed by atoms with E-state index in [2.05, 4.69) is 4.98 Å². The monoisotopic (exact) mass is 283 g/mol. The molecule has 2 atom stereocenters. The average molecular weight is 283 g/mol. The molecule has 0 radical (unpaired) electrons. The number of aromatic amines is 1. The van der Waals surface area contributed by atoms with Gasteiger partial charge >= 0.3 is 0 Å². The van der Waals surface area contributed by atoms with E-state index in [1.54, 1.807) is 0 Å². The van der Waals surface area contributed by atoms with E-state index in [9.17, 15) is 14.4 Å². The average Bonchev–Trinajstić information content (AvgIpc) is 2.51. The molecule has 3 aliphatic rings. The number of rotatable bonds is 0. The van der Waals surface area contributed by atoms with Gasteiger partial charge in [-0.3, -0.25) is 14.4 Å². The van der Waals surface area contributed by atoms with Crippen LogP contribution in [0.25, 0.3) is 0 Å². The SMILES string of the molecule is O=C1c2ccc(=O)[nH]c2C(=O)[C@@H]2CC3=C(CCCC3)C[C@H]12. The molecule has 0 spiro atoms. The second-order valence-electron chi connectivity index (χ2n) is 6.38. The van der Waals surface area contributed by atoms with Crippen LogP contribution in [0.15, 0.2) is 28.1 Å². The van der Waals surface area contributed by atoms with Crippen LogP contribution in [0, 0.1) is 11.8 Å². The van der Waals surface area contributed by atoms with Gasteiger partial charge in [-0.15, -0.1) is 0 Å². The molecule has 0 aliphatic heterocycles. The summed E-state index contributed by atoms with van der Waals surface area (Å²) in [6.45, 7) is 0. The van der Waals surface area contributed by atoms with Gasteiger partial charge in [0.2, 0.25) is 5.56 Å². The third-order valence-corrected chi connectivity index (χ3v) is 5.23. The van der Waals surface area contributed by atoms with Crippen molar-refractivity contribution >= 4 is 11.6 Å². The summed E-state index contributed by atoms with van der Waals surface area (Å²) in [5, 5.41) is 0. The maximum Gasteiger partial charge on any atom is 0.248 e. The van der Waals surface area contributed by atoms with Crippen molar-refractivity contribution in [2.75, 3.05) is 0 Å². The molecule has 0 saturated carbocycles. The van der Waals surface area contributed by atoms with Crippen molar-refractivity contribution < 1.29 is 9.59 Å². The standard InChI is InChI=1S/C17H17NO3/c19-14-6-5-11-15(18-14)17(21)13-8-10-4-2-1-3-9(10)7-12(13)16(11)20/h5-6,12-13H,1-4,7-8H2,(H,18,19)/t12-,13+/m0/s1. The van der Waals surface area contributed by atoms with Crippen molar-refractivity contribution in [2.45, 2.75) is 38.5 Å². The summed E-state index contributed by atoms with van der Waals surface area (Å²) in [7, 11) is 0. The van der Waals surface area contributed by atoms with E-state index in [1.165, 1.54) is 36.1 Å². The van der Waals surface area contributed by atoms with Gasteiger partial charge in [-0.05, 0) is 44.6 Å². The Morgan fingerprint density at radius 1 is 0.857 bits per heavy atom. The predicted octanol–water partition coefficient (Wildman–Crippen LogP) is 2.65. The number of Topliss-reactive ketones (excluding diaryl/α,β-unsaturated/α-hetero) is 2. The van der Waals surface area contributed by atoms with E-state index in [1.807, 2.05) is 0 Å². The predicted molar refractivity (Wildman–Crippen MR) is 77.4 cm³/mol. The lowest BCUT2D eigenvalue weighted by atomic mass is 9.65. The third kappa shape index (κ3) is 1.85. The first-order valence-electron chi connectivity index (χ1n) is 7.66. The second kappa shape index (κ2) is 4.52. The first-order chi connectivity index (χ1) is 10.1. The van der Waals surface area contributed by atoms with Crippen molar-refractivity contribution in [1.82, 2.24) is 4.98 Å². The van der Waals surface area contributed by atoms with E-state index in [0.29, 0.717) is 12.0 Å². The van der Waals surface area contributed by atoms with Gasteiger partial charge in [0.1, 0.15) is 0 Å². The van der Waals surface area contributed by atoms with E-state index in [-0.39, 0.29) is 34.7 Å². The first-order valence-corrected chi connectivity index (χ1v) is 7.66. The normalized spacial score (nSPS) is 28.0. The van der Waals surface area contributed by atoms with E-state index >= 15 is 0 Å². The van der Waals surface area contributed by atoms with E-state index < -0.39 is 0 Å². The first kappa shape index (κ1) is 12.7. The molecule has 108 valence electrons. The quantitative estimate of drug-likeness (QED) is 0.744. The van der Waals surface area contributed by atoms with Gasteiger partial charge in [0.25, 0.3) is 0 Å². The van der Waals surface area contributed by atoms with Crippen molar-refractivity contribution in [1.29, 1.82) is 0 Å². The lowest BCUT2D eigenvalue weighted by Crippen LogP contribution is -2.41. The summed E-state index contributed by atoms with van der Waals surface area (Å²) < 4.78 is 0. The van der Waals surface area contributed by atoms with Gasteiger partial charge in [0.15, 0.2) is 11.6 Å². The summed E-state index contributed by atoms with van der Waals surface area (Å²) >= 11 is 0. The van der Waals surface area contributed by atoms with E-state index in [4.69, 9.17) is 0 Å². The van der Waals surface area contributed by atoms with Crippen molar-refractivity contribution in [2.24, 2.45) is 11.8 Å². The molecule has 0 fully saturated rings. The summed E-state index contributed by atoms with van der Waals surface area (Å²) in [5.74, 6) is -0.500. The number of nitrogens with one attached hydrogen (secondary N) is 1. The lowest BCUT2D eigenvalue weighted by molar-refractivity contribution is 0.0712. The fourth-order valence-corrected chi connectivity index (χ4v) is 4.15. The number of hydrogen-bond donors (Lipinski definition) is 1. The highest BCUT2D eigenvalue weighted by molar-refractivity contribution is 6.15. The molecule has 0 unspecified atom stereocenters. The topological polar surface area (TPSA) is 67.0 Å². The Bertz CT molecular complexity index is 741. The Labute approximate surface area is 122 Å². The number of aromatic nitrogens is 1. The number of carbonyl (C=O) groups is 2. The van der Waals surface area contributed by atoms with Crippen LogP contribution < -0.4 is 5.56 Å². The number of ketones is 2. The summed E-state index contributed by atoms with van der Waals surface area (Å²) in [5.41, 5.74) is 3.12. The van der Waals surface area contributed by atoms with Crippen LogP contribution in [0.2, 0.25) is 0 Å². The summed E-state index contributed by atoms with van der Waals surface area (Å²) in [6, 6.07) is 2.84. The number of H-pyrrole nitrogens is 1. The van der Waals surface area contributed by atoms with Crippen LogP contribution in [0.3, 0.4) is 0 Å². The second-order valence-corrected chi connectivity index (χ2v) is 6.38. The molecule has 0 bridgehead atoms. The lowest BCUT2D eigenvalue weighted by Gasteiger charge is -2.38. The fourth-order valence-electron chi connectivity index (χ4n) is 4.15. The third-order valence-electron chi connectivity index (χ3n) is 5.23. The van der Waals surface area contributed by atoms with Crippen LogP contribution in [-0.2, 0) is 0 Å². The Morgan fingerprint density at radius 3 is 2.14 bits per heavy atom. The van der Waals surface area contributed by atoms with Crippen LogP contribution in [0.5, 0.6) is 0 Å². The molecule has 0 saturated heterocycles. The molecule has 4 nitrogen and oxygen atoms in total. The summed E-state index contributed by atoms with van der Waals surface area (Å²) in [4.78, 5) is 39.4. The molecule has 1 aromatic heterocycles. The van der Waals surface area contributed by atoms with Crippen molar-refractivity contribution in [3.05, 3.63) is 44.9 Å². The molecule has 21 heavy (non-hydrogen) atoms. The molecule has 0 amide bonds. The number of fused-ring (bicyclic) bond motifs is 2. The fraction of sp³-hybridized carbons (Fsp3) is 0.471. The number of carbonyl (C=O) groups excluding carboxylic acids is 2. The summed E-state index contributed by atoms with van der Waals surface area (Å²) in [6.07, 6.45) is 5.98. The molecule has 4 heteroatoms. The number of allylic oxidation sites excluding steroid dienone is 2. The minimum Gasteiger partial charge on any atom is -0.319 e. The Hall–Kier alpha value is -1.97. The van der Waals surface area contributed by atoms with Gasteiger partial charge in [-0.2, -0.15) is 0 Å². The van der Waals surface area contributed by atoms with E-state index in [0.717, 1.165) is 19.3 Å². The zero-order chi connectivity index (χ0) is 14.6. The Kier molecular flexibility index (Phi) is 2.74. The zero-order valence-electron chi connectivity index (χ0n) is 11.8. The van der Waals surface area contributed by atoms with Crippen LogP contribution in [0.1, 0.15) is 59.4 Å². The van der Waals surface area contributed by atoms with Gasteiger partial charge in [0, 0.05) is 23.5 Å². The Balaban J connectivity index is 1.80. The molecular formula is C17H17NO3. The van der Waals surface area contributed by atoms with Crippen LogP contribution in [0.4, 0.5) is 0 Å². The molecule has 1 aromatic rings. The number of pyridine rings is 1. The maximum absolute atomic E-state index is 12.7. The van der Waals surface area contributed by atoms with Crippen LogP contribution in [-0.4, -0.2) is 16.6 Å². The zero-order valence-corrected chi connectivity index (χ0v) is 11.8. The maximum atomic E-state index is 12.7. The minimum absolute atomic E-state index is 0.0305. The largest absolute Gasteiger partial charge is 0.319 e. The highest BCUT2D eigenvalue weighted by Crippen LogP contribution is 2.45. The minimum atomic E-state index is -0.318. The van der Waals surface area contributed by atoms with Crippen LogP contribution >= 0.6 is 0 Å². The highest BCUT2D eigenvalue weighted by atomic mass is 16.1. The van der Waals surface area contributed by atoms with Gasteiger partial charge in [-0.1, -0.05) is 11.1 Å². The molecule has 3 aliphatic carbocycles. The van der Waals surface area contributed by atoms with Crippen molar-refractivity contribution in [3.63, 3.8) is 0 Å². The highest BCUT2D eigenvalue weighted by Gasteiger charge is 2.45. The molecule has 1 heterocycles. The molecular weight excluding hydrogens is 266 g/mol. The molecule has 4 rings (SSSR count). The van der Waals surface area contributed by atoms with Gasteiger partial charge < -0.3 is 4.98 Å².